The van der Waals surface area contributed by atoms with Gasteiger partial charge in [0.15, 0.2) is 22.7 Å². The molecule has 0 aliphatic carbocycles. The number of hydrogen-bond donors (Lipinski definition) is 3. The molecule has 2 unspecified atom stereocenters. The van der Waals surface area contributed by atoms with Crippen molar-refractivity contribution in [2.24, 2.45) is 0 Å². The van der Waals surface area contributed by atoms with Gasteiger partial charge in [-0.15, -0.1) is 0 Å². The quantitative estimate of drug-likeness (QED) is 0.216. The van der Waals surface area contributed by atoms with E-state index in [1.807, 2.05) is 30.6 Å². The Labute approximate surface area is 234 Å². The topological polar surface area (TPSA) is 150 Å². The summed E-state index contributed by atoms with van der Waals surface area (Å²) >= 11 is 16.6. The molecular formula is C24H22Cl2N4O6S2. The SMILES string of the molecule is O=C(N[C@@H](C(=O)NC1CN(S(=O)(=O)[O-])C1=O)c1ccccc1)C(S)c1c(Cl)cccc1Cl.c1cc[nH+]cc1. The summed E-state index contributed by atoms with van der Waals surface area (Å²) in [6, 6.07) is 16.2. The Morgan fingerprint density at radius 3 is 2.03 bits per heavy atom. The van der Waals surface area contributed by atoms with E-state index >= 15 is 0 Å². The van der Waals surface area contributed by atoms with Crippen LogP contribution in [0.1, 0.15) is 22.4 Å². The number of thiol groups is 1. The van der Waals surface area contributed by atoms with E-state index in [2.05, 4.69) is 28.2 Å². The molecule has 1 aliphatic heterocycles. The molecule has 0 radical (unpaired) electrons. The zero-order chi connectivity index (χ0) is 27.9. The molecule has 1 saturated heterocycles. The number of aromatic nitrogens is 1. The van der Waals surface area contributed by atoms with Crippen LogP contribution in [0.2, 0.25) is 10.0 Å². The number of nitrogens with one attached hydrogen (secondary N) is 3. The van der Waals surface area contributed by atoms with E-state index in [9.17, 15) is 27.4 Å². The van der Waals surface area contributed by atoms with Crippen LogP contribution in [-0.2, 0) is 24.7 Å². The van der Waals surface area contributed by atoms with Crippen molar-refractivity contribution >= 4 is 63.9 Å². The monoisotopic (exact) mass is 596 g/mol. The second-order valence-corrected chi connectivity index (χ2v) is 10.5. The van der Waals surface area contributed by atoms with E-state index in [1.54, 1.807) is 48.5 Å². The van der Waals surface area contributed by atoms with Crippen molar-refractivity contribution in [3.05, 3.63) is 100 Å². The predicted octanol–water partition coefficient (Wildman–Crippen LogP) is 2.11. The zero-order valence-corrected chi connectivity index (χ0v) is 22.7. The number of amides is 3. The fourth-order valence-corrected chi connectivity index (χ4v) is 5.17. The van der Waals surface area contributed by atoms with E-state index in [-0.39, 0.29) is 19.9 Å². The number of rotatable bonds is 7. The summed E-state index contributed by atoms with van der Waals surface area (Å²) in [5, 5.41) is 4.22. The first-order chi connectivity index (χ1) is 18.0. The summed E-state index contributed by atoms with van der Waals surface area (Å²) in [4.78, 5) is 40.5. The summed E-state index contributed by atoms with van der Waals surface area (Å²) in [6.07, 6.45) is 3.75. The lowest BCUT2D eigenvalue weighted by atomic mass is 10.0. The Morgan fingerprint density at radius 1 is 0.974 bits per heavy atom. The minimum atomic E-state index is -4.95. The van der Waals surface area contributed by atoms with E-state index in [0.717, 1.165) is 0 Å². The lowest BCUT2D eigenvalue weighted by molar-refractivity contribution is -0.377. The van der Waals surface area contributed by atoms with Gasteiger partial charge >= 0.3 is 0 Å². The molecular weight excluding hydrogens is 575 g/mol. The van der Waals surface area contributed by atoms with Crippen molar-refractivity contribution < 1.29 is 32.3 Å². The van der Waals surface area contributed by atoms with Crippen LogP contribution >= 0.6 is 35.8 Å². The standard InChI is InChI=1S/C19H17Cl2N3O6S2.C5H5N/c20-11-7-4-8-12(21)14(11)16(31)18(26)23-15(10-5-2-1-3-6-10)17(25)22-13-9-24(19(13)27)32(28,29)30;1-2-4-6-5-3-1/h1-8,13,15-16,31H,9H2,(H,22,25)(H,23,26)(H,28,29,30);1-5H/t13?,15-,16?;/m1./s1. The Morgan fingerprint density at radius 2 is 1.55 bits per heavy atom. The average molecular weight is 598 g/mol. The molecule has 2 heterocycles. The number of β-lactam (4-membered cyclic amide) rings is 1. The Hall–Kier alpha value is -3.16. The van der Waals surface area contributed by atoms with Gasteiger partial charge in [0.2, 0.25) is 11.8 Å². The van der Waals surface area contributed by atoms with E-state index in [4.69, 9.17) is 23.2 Å². The molecule has 2 aromatic carbocycles. The molecule has 0 spiro atoms. The molecule has 38 heavy (non-hydrogen) atoms. The maximum atomic E-state index is 12.9. The Bertz CT molecular complexity index is 1350. The molecule has 14 heteroatoms. The predicted molar refractivity (Wildman–Crippen MR) is 142 cm³/mol. The number of aromatic amines is 1. The molecule has 3 N–H and O–H groups in total. The largest absolute Gasteiger partial charge is 0.731 e. The molecule has 0 bridgehead atoms. The minimum absolute atomic E-state index is 0.108. The summed E-state index contributed by atoms with van der Waals surface area (Å²) < 4.78 is 33.0. The van der Waals surface area contributed by atoms with Gasteiger partial charge in [0, 0.05) is 27.7 Å². The summed E-state index contributed by atoms with van der Waals surface area (Å²) in [6.45, 7) is -0.490. The molecule has 0 saturated carbocycles. The minimum Gasteiger partial charge on any atom is -0.731 e. The van der Waals surface area contributed by atoms with Gasteiger partial charge in [-0.1, -0.05) is 65.7 Å². The van der Waals surface area contributed by atoms with Crippen molar-refractivity contribution in [2.45, 2.75) is 17.3 Å². The van der Waals surface area contributed by atoms with Crippen LogP contribution < -0.4 is 15.6 Å². The Balaban J connectivity index is 0.000000585. The lowest BCUT2D eigenvalue weighted by Crippen LogP contribution is -2.66. The molecule has 200 valence electrons. The van der Waals surface area contributed by atoms with Crippen molar-refractivity contribution in [3.8, 4) is 0 Å². The van der Waals surface area contributed by atoms with Crippen LogP contribution in [0, 0.1) is 0 Å². The highest BCUT2D eigenvalue weighted by Crippen LogP contribution is 2.34. The smallest absolute Gasteiger partial charge is 0.259 e. The van der Waals surface area contributed by atoms with Crippen molar-refractivity contribution in [2.75, 3.05) is 6.54 Å². The van der Waals surface area contributed by atoms with Gasteiger partial charge in [-0.2, -0.15) is 12.6 Å². The van der Waals surface area contributed by atoms with E-state index in [0.29, 0.717) is 5.56 Å². The number of hydrogen-bond acceptors (Lipinski definition) is 7. The number of H-pyrrole nitrogens is 1. The van der Waals surface area contributed by atoms with Crippen LogP contribution in [0.3, 0.4) is 0 Å². The molecule has 1 aromatic heterocycles. The van der Waals surface area contributed by atoms with Crippen molar-refractivity contribution in [1.82, 2.24) is 14.9 Å². The summed E-state index contributed by atoms with van der Waals surface area (Å²) in [5.74, 6) is -2.52. The maximum absolute atomic E-state index is 12.9. The van der Waals surface area contributed by atoms with Gasteiger partial charge in [-0.25, -0.2) is 17.7 Å². The molecule has 1 aliphatic rings. The van der Waals surface area contributed by atoms with Gasteiger partial charge < -0.3 is 15.2 Å². The first kappa shape index (κ1) is 29.4. The third kappa shape index (κ3) is 7.45. The lowest BCUT2D eigenvalue weighted by Gasteiger charge is -2.39. The third-order valence-electron chi connectivity index (χ3n) is 5.29. The van der Waals surface area contributed by atoms with Gasteiger partial charge in [0.25, 0.3) is 5.91 Å². The highest BCUT2D eigenvalue weighted by Gasteiger charge is 2.42. The first-order valence-electron chi connectivity index (χ1n) is 11.0. The molecule has 10 nitrogen and oxygen atoms in total. The molecule has 3 atom stereocenters. The van der Waals surface area contributed by atoms with Gasteiger partial charge in [0.05, 0.1) is 6.54 Å². The molecule has 4 rings (SSSR count). The molecule has 3 amide bonds. The third-order valence-corrected chi connectivity index (χ3v) is 7.31. The van der Waals surface area contributed by atoms with Crippen LogP contribution in [0.15, 0.2) is 79.1 Å². The fourth-order valence-electron chi connectivity index (χ4n) is 3.37. The summed E-state index contributed by atoms with van der Waals surface area (Å²) in [7, 11) is -4.95. The van der Waals surface area contributed by atoms with E-state index in [1.165, 1.54) is 0 Å². The number of carbonyl (C=O) groups is 3. The van der Waals surface area contributed by atoms with Crippen molar-refractivity contribution in [3.63, 3.8) is 0 Å². The Kier molecular flexibility index (Phi) is 10.1. The number of carbonyl (C=O) groups excluding carboxylic acids is 3. The normalized spacial score (nSPS) is 16.3. The highest BCUT2D eigenvalue weighted by molar-refractivity contribution is 7.84. The first-order valence-corrected chi connectivity index (χ1v) is 13.6. The van der Waals surface area contributed by atoms with Gasteiger partial charge in [0.1, 0.15) is 17.3 Å². The van der Waals surface area contributed by atoms with Gasteiger partial charge in [-0.3, -0.25) is 14.4 Å². The highest BCUT2D eigenvalue weighted by atomic mass is 35.5. The molecule has 1 fully saturated rings. The second-order valence-electron chi connectivity index (χ2n) is 7.86. The number of pyridine rings is 1. The number of benzene rings is 2. The zero-order valence-electron chi connectivity index (χ0n) is 19.5. The van der Waals surface area contributed by atoms with Crippen molar-refractivity contribution in [1.29, 1.82) is 0 Å². The number of nitrogens with zero attached hydrogens (tertiary/aromatic N) is 1. The van der Waals surface area contributed by atoms with Crippen LogP contribution in [0.25, 0.3) is 0 Å². The van der Waals surface area contributed by atoms with Crippen LogP contribution in [0.5, 0.6) is 0 Å². The van der Waals surface area contributed by atoms with Crippen LogP contribution in [-0.4, -0.2) is 47.6 Å². The van der Waals surface area contributed by atoms with E-state index < -0.39 is 51.9 Å². The number of halogens is 2. The second kappa shape index (κ2) is 13.1. The fraction of sp³-hybridized carbons (Fsp3) is 0.167. The maximum Gasteiger partial charge on any atom is 0.259 e. The van der Waals surface area contributed by atoms with Crippen LogP contribution in [0.4, 0.5) is 0 Å². The average Bonchev–Trinajstić information content (AvgIpc) is 2.89. The van der Waals surface area contributed by atoms with Gasteiger partial charge in [-0.05, 0) is 17.7 Å². The molecule has 3 aromatic rings. The summed E-state index contributed by atoms with van der Waals surface area (Å²) in [5.41, 5.74) is 0.651.